The normalized spacial score (nSPS) is 9.30. The van der Waals surface area contributed by atoms with Gasteiger partial charge in [0.05, 0.1) is 0 Å². The van der Waals surface area contributed by atoms with E-state index in [2.05, 4.69) is 11.6 Å². The highest BCUT2D eigenvalue weighted by atomic mass is 35.5. The van der Waals surface area contributed by atoms with Crippen molar-refractivity contribution >= 4 is 23.4 Å². The largest absolute Gasteiger partial charge is 0.398 e. The molecule has 0 aliphatic rings. The van der Waals surface area contributed by atoms with Gasteiger partial charge in [-0.25, -0.2) is 4.98 Å². The first-order valence-corrected chi connectivity index (χ1v) is 3.15. The van der Waals surface area contributed by atoms with Crippen molar-refractivity contribution in [1.82, 2.24) is 4.98 Å². The predicted octanol–water partition coefficient (Wildman–Crippen LogP) is 1.96. The first-order valence-electron chi connectivity index (χ1n) is 2.77. The number of rotatable bonds is 1. The van der Waals surface area contributed by atoms with Crippen molar-refractivity contribution in [1.29, 1.82) is 0 Å². The monoisotopic (exact) mass is 154 g/mol. The van der Waals surface area contributed by atoms with Crippen LogP contribution in [0.5, 0.6) is 0 Å². The van der Waals surface area contributed by atoms with E-state index in [1.807, 2.05) is 0 Å². The molecule has 1 aromatic rings. The molecule has 1 aromatic heterocycles. The summed E-state index contributed by atoms with van der Waals surface area (Å²) in [6.07, 6.45) is 3.23. The summed E-state index contributed by atoms with van der Waals surface area (Å²) >= 11 is 5.55. The zero-order chi connectivity index (χ0) is 7.56. The van der Waals surface area contributed by atoms with E-state index in [1.165, 1.54) is 0 Å². The van der Waals surface area contributed by atoms with Gasteiger partial charge in [-0.1, -0.05) is 24.3 Å². The van der Waals surface area contributed by atoms with Gasteiger partial charge in [0.15, 0.2) is 0 Å². The molecule has 10 heavy (non-hydrogen) atoms. The van der Waals surface area contributed by atoms with E-state index in [0.717, 1.165) is 5.56 Å². The van der Waals surface area contributed by atoms with E-state index < -0.39 is 0 Å². The summed E-state index contributed by atoms with van der Waals surface area (Å²) in [5, 5.41) is 0.406. The molecule has 0 fully saturated rings. The molecule has 0 aromatic carbocycles. The third-order valence-electron chi connectivity index (χ3n) is 1.15. The summed E-state index contributed by atoms with van der Waals surface area (Å²) in [6, 6.07) is 1.60. The third-order valence-corrected chi connectivity index (χ3v) is 1.36. The van der Waals surface area contributed by atoms with Gasteiger partial charge in [-0.2, -0.15) is 0 Å². The minimum atomic E-state index is 0.406. The second-order valence-corrected chi connectivity index (χ2v) is 2.23. The zero-order valence-electron chi connectivity index (χ0n) is 5.34. The SMILES string of the molecule is C=Cc1cnc(Cl)cc1N. The van der Waals surface area contributed by atoms with Crippen molar-refractivity contribution in [2.24, 2.45) is 0 Å². The van der Waals surface area contributed by atoms with Crippen molar-refractivity contribution in [3.05, 3.63) is 29.6 Å². The number of anilines is 1. The molecular weight excluding hydrogens is 148 g/mol. The Balaban J connectivity index is 3.19. The minimum absolute atomic E-state index is 0.406. The highest BCUT2D eigenvalue weighted by Crippen LogP contribution is 2.15. The lowest BCUT2D eigenvalue weighted by Crippen LogP contribution is -1.89. The molecule has 2 N–H and O–H groups in total. The molecule has 0 amide bonds. The lowest BCUT2D eigenvalue weighted by molar-refractivity contribution is 1.32. The number of aromatic nitrogens is 1. The van der Waals surface area contributed by atoms with Gasteiger partial charge in [-0.3, -0.25) is 0 Å². The fourth-order valence-electron chi connectivity index (χ4n) is 0.625. The Bertz CT molecular complexity index is 258. The van der Waals surface area contributed by atoms with Crippen LogP contribution in [-0.2, 0) is 0 Å². The van der Waals surface area contributed by atoms with Gasteiger partial charge >= 0.3 is 0 Å². The highest BCUT2D eigenvalue weighted by Gasteiger charge is 1.94. The van der Waals surface area contributed by atoms with Crippen LogP contribution in [0.4, 0.5) is 5.69 Å². The maximum atomic E-state index is 5.55. The molecule has 3 heteroatoms. The first-order chi connectivity index (χ1) is 4.74. The standard InChI is InChI=1S/C7H7ClN2/c1-2-5-4-10-7(8)3-6(5)9/h2-4H,1H2,(H2,9,10). The maximum Gasteiger partial charge on any atom is 0.131 e. The van der Waals surface area contributed by atoms with Crippen LogP contribution >= 0.6 is 11.6 Å². The van der Waals surface area contributed by atoms with E-state index in [-0.39, 0.29) is 0 Å². The van der Waals surface area contributed by atoms with E-state index in [9.17, 15) is 0 Å². The molecule has 1 rings (SSSR count). The molecule has 0 unspecified atom stereocenters. The summed E-state index contributed by atoms with van der Waals surface area (Å²) in [5.74, 6) is 0. The first kappa shape index (κ1) is 7.09. The number of pyridine rings is 1. The van der Waals surface area contributed by atoms with Crippen LogP contribution in [0.15, 0.2) is 18.8 Å². The number of halogens is 1. The highest BCUT2D eigenvalue weighted by molar-refractivity contribution is 6.29. The quantitative estimate of drug-likeness (QED) is 0.628. The van der Waals surface area contributed by atoms with Crippen molar-refractivity contribution in [3.63, 3.8) is 0 Å². The molecule has 2 nitrogen and oxygen atoms in total. The molecular formula is C7H7ClN2. The number of nitrogens with two attached hydrogens (primary N) is 1. The summed E-state index contributed by atoms with van der Waals surface area (Å²) in [4.78, 5) is 3.82. The minimum Gasteiger partial charge on any atom is -0.398 e. The molecule has 0 saturated carbocycles. The zero-order valence-corrected chi connectivity index (χ0v) is 6.10. The summed E-state index contributed by atoms with van der Waals surface area (Å²) in [6.45, 7) is 3.56. The molecule has 0 saturated heterocycles. The van der Waals surface area contributed by atoms with E-state index in [0.29, 0.717) is 10.8 Å². The van der Waals surface area contributed by atoms with Crippen molar-refractivity contribution < 1.29 is 0 Å². The second-order valence-electron chi connectivity index (χ2n) is 1.84. The van der Waals surface area contributed by atoms with Crippen molar-refractivity contribution in [2.75, 3.05) is 5.73 Å². The molecule has 0 spiro atoms. The van der Waals surface area contributed by atoms with Crippen molar-refractivity contribution in [2.45, 2.75) is 0 Å². The van der Waals surface area contributed by atoms with Gasteiger partial charge < -0.3 is 5.73 Å². The number of hydrogen-bond acceptors (Lipinski definition) is 2. The summed E-state index contributed by atoms with van der Waals surface area (Å²) in [5.41, 5.74) is 6.95. The number of nitrogens with zero attached hydrogens (tertiary/aromatic N) is 1. The predicted molar refractivity (Wildman–Crippen MR) is 43.8 cm³/mol. The fourth-order valence-corrected chi connectivity index (χ4v) is 0.792. The smallest absolute Gasteiger partial charge is 0.131 e. The average Bonchev–Trinajstić information content (AvgIpc) is 1.88. The fraction of sp³-hybridized carbons (Fsp3) is 0. The lowest BCUT2D eigenvalue weighted by Gasteiger charge is -1.97. The van der Waals surface area contributed by atoms with E-state index in [4.69, 9.17) is 17.3 Å². The Morgan fingerprint density at radius 2 is 2.40 bits per heavy atom. The Morgan fingerprint density at radius 1 is 1.70 bits per heavy atom. The average molecular weight is 155 g/mol. The summed E-state index contributed by atoms with van der Waals surface area (Å²) in [7, 11) is 0. The van der Waals surface area contributed by atoms with Crippen LogP contribution in [0, 0.1) is 0 Å². The Kier molecular flexibility index (Phi) is 1.92. The third kappa shape index (κ3) is 1.28. The Labute approximate surface area is 64.3 Å². The van der Waals surface area contributed by atoms with Crippen LogP contribution in [0.1, 0.15) is 5.56 Å². The lowest BCUT2D eigenvalue weighted by atomic mass is 10.2. The van der Waals surface area contributed by atoms with Gasteiger partial charge in [0.1, 0.15) is 5.15 Å². The van der Waals surface area contributed by atoms with Crippen LogP contribution in [0.3, 0.4) is 0 Å². The number of hydrogen-bond donors (Lipinski definition) is 1. The van der Waals surface area contributed by atoms with E-state index >= 15 is 0 Å². The van der Waals surface area contributed by atoms with Crippen LogP contribution in [0.2, 0.25) is 5.15 Å². The van der Waals surface area contributed by atoms with Crippen molar-refractivity contribution in [3.8, 4) is 0 Å². The molecule has 0 atom stereocenters. The molecule has 52 valence electrons. The van der Waals surface area contributed by atoms with Gasteiger partial charge in [0.2, 0.25) is 0 Å². The Morgan fingerprint density at radius 3 is 2.90 bits per heavy atom. The van der Waals surface area contributed by atoms with Gasteiger partial charge in [0, 0.05) is 17.4 Å². The summed E-state index contributed by atoms with van der Waals surface area (Å²) < 4.78 is 0. The van der Waals surface area contributed by atoms with Crippen LogP contribution < -0.4 is 5.73 Å². The molecule has 0 aliphatic carbocycles. The molecule has 0 aliphatic heterocycles. The van der Waals surface area contributed by atoms with Crippen LogP contribution in [0.25, 0.3) is 6.08 Å². The molecule has 0 bridgehead atoms. The van der Waals surface area contributed by atoms with Gasteiger partial charge in [-0.15, -0.1) is 0 Å². The second kappa shape index (κ2) is 2.71. The van der Waals surface area contributed by atoms with Crippen LogP contribution in [-0.4, -0.2) is 4.98 Å². The van der Waals surface area contributed by atoms with Gasteiger partial charge in [-0.05, 0) is 6.07 Å². The van der Waals surface area contributed by atoms with Gasteiger partial charge in [0.25, 0.3) is 0 Å². The molecule has 0 radical (unpaired) electrons. The number of nitrogen functional groups attached to an aromatic ring is 1. The molecule has 1 heterocycles. The van der Waals surface area contributed by atoms with E-state index in [1.54, 1.807) is 18.3 Å². The Hall–Kier alpha value is -1.02. The topological polar surface area (TPSA) is 38.9 Å². The maximum absolute atomic E-state index is 5.55.